The Morgan fingerprint density at radius 2 is 0.879 bits per heavy atom. The van der Waals surface area contributed by atoms with E-state index in [9.17, 15) is 0 Å². The second-order valence-electron chi connectivity index (χ2n) is 8.41. The smallest absolute Gasteiger partial charge is 0.236 e. The van der Waals surface area contributed by atoms with E-state index in [-0.39, 0.29) is 0 Å². The molecule has 7 aromatic rings. The number of benzene rings is 4. The van der Waals surface area contributed by atoms with Gasteiger partial charge < -0.3 is 0 Å². The first-order chi connectivity index (χ1) is 16.3. The Morgan fingerprint density at radius 1 is 0.485 bits per heavy atom. The topological polar surface area (TPSA) is 35.6 Å². The van der Waals surface area contributed by atoms with E-state index in [2.05, 4.69) is 112 Å². The van der Waals surface area contributed by atoms with Crippen LogP contribution in [0.3, 0.4) is 0 Å². The van der Waals surface area contributed by atoms with Gasteiger partial charge in [0.1, 0.15) is 5.82 Å². The summed E-state index contributed by atoms with van der Waals surface area (Å²) < 4.78 is 4.42. The van der Waals surface area contributed by atoms with Gasteiger partial charge in [-0.05, 0) is 31.2 Å². The van der Waals surface area contributed by atoms with Gasteiger partial charge in [-0.2, -0.15) is 4.98 Å². The molecule has 0 saturated heterocycles. The molecule has 7 rings (SSSR count). The maximum Gasteiger partial charge on any atom is 0.236 e. The van der Waals surface area contributed by atoms with Gasteiger partial charge in [-0.1, -0.05) is 72.8 Å². The molecular weight excluding hydrogens is 404 g/mol. The lowest BCUT2D eigenvalue weighted by Crippen LogP contribution is -2.07. The van der Waals surface area contributed by atoms with Gasteiger partial charge in [-0.3, -0.25) is 9.13 Å². The van der Waals surface area contributed by atoms with Gasteiger partial charge in [0.05, 0.1) is 22.1 Å². The summed E-state index contributed by atoms with van der Waals surface area (Å²) >= 11 is 0. The van der Waals surface area contributed by atoms with Crippen LogP contribution in [0.4, 0.5) is 0 Å². The first-order valence-electron chi connectivity index (χ1n) is 11.1. The molecule has 0 N–H and O–H groups in total. The van der Waals surface area contributed by atoms with E-state index in [4.69, 9.17) is 9.97 Å². The third-order valence-electron chi connectivity index (χ3n) is 6.42. The largest absolute Gasteiger partial charge is 0.294 e. The Bertz CT molecular complexity index is 1600. The number of rotatable bonds is 2. The van der Waals surface area contributed by atoms with Crippen LogP contribution < -0.4 is 0 Å². The van der Waals surface area contributed by atoms with Crippen LogP contribution in [-0.4, -0.2) is 19.1 Å². The number of aromatic nitrogens is 4. The molecular formula is C29H20N4. The lowest BCUT2D eigenvalue weighted by Gasteiger charge is -2.12. The van der Waals surface area contributed by atoms with Gasteiger partial charge in [0.15, 0.2) is 0 Å². The average molecular weight is 425 g/mol. The van der Waals surface area contributed by atoms with Gasteiger partial charge in [0, 0.05) is 33.3 Å². The van der Waals surface area contributed by atoms with E-state index in [1.54, 1.807) is 0 Å². The molecule has 0 amide bonds. The first-order valence-corrected chi connectivity index (χ1v) is 11.1. The van der Waals surface area contributed by atoms with Crippen molar-refractivity contribution in [2.24, 2.45) is 0 Å². The second-order valence-corrected chi connectivity index (χ2v) is 8.41. The summed E-state index contributed by atoms with van der Waals surface area (Å²) in [6.07, 6.45) is 0. The van der Waals surface area contributed by atoms with E-state index >= 15 is 0 Å². The molecule has 0 spiro atoms. The summed E-state index contributed by atoms with van der Waals surface area (Å²) in [5.41, 5.74) is 5.43. The molecule has 33 heavy (non-hydrogen) atoms. The summed E-state index contributed by atoms with van der Waals surface area (Å²) in [5, 5.41) is 4.86. The minimum Gasteiger partial charge on any atom is -0.294 e. The van der Waals surface area contributed by atoms with Crippen molar-refractivity contribution < 1.29 is 0 Å². The van der Waals surface area contributed by atoms with Crippen molar-refractivity contribution in [2.45, 2.75) is 6.92 Å². The molecule has 0 fully saturated rings. The highest BCUT2D eigenvalue weighted by atomic mass is 15.2. The summed E-state index contributed by atoms with van der Waals surface area (Å²) in [5.74, 6) is 1.56. The predicted octanol–water partition coefficient (Wildman–Crippen LogP) is 6.98. The number of nitrogens with zero attached hydrogens (tertiary/aromatic N) is 4. The zero-order valence-corrected chi connectivity index (χ0v) is 18.1. The molecule has 3 heterocycles. The second kappa shape index (κ2) is 6.78. The first kappa shape index (κ1) is 18.2. The van der Waals surface area contributed by atoms with E-state index in [1.807, 2.05) is 6.92 Å². The van der Waals surface area contributed by atoms with Gasteiger partial charge in [0.25, 0.3) is 0 Å². The zero-order valence-electron chi connectivity index (χ0n) is 18.1. The van der Waals surface area contributed by atoms with Crippen molar-refractivity contribution in [1.29, 1.82) is 0 Å². The molecule has 156 valence electrons. The Labute approximate surface area is 190 Å². The molecule has 0 radical (unpaired) electrons. The van der Waals surface area contributed by atoms with Gasteiger partial charge in [-0.25, -0.2) is 4.98 Å². The van der Waals surface area contributed by atoms with Crippen molar-refractivity contribution in [3.63, 3.8) is 0 Å². The van der Waals surface area contributed by atoms with Crippen LogP contribution in [0.25, 0.3) is 55.4 Å². The highest BCUT2D eigenvalue weighted by Gasteiger charge is 2.17. The van der Waals surface area contributed by atoms with Gasteiger partial charge >= 0.3 is 0 Å². The van der Waals surface area contributed by atoms with Crippen LogP contribution in [-0.2, 0) is 0 Å². The molecule has 0 aliphatic carbocycles. The maximum absolute atomic E-state index is 5.13. The van der Waals surface area contributed by atoms with Crippen LogP contribution in [0.15, 0.2) is 103 Å². The van der Waals surface area contributed by atoms with Crippen LogP contribution in [0.1, 0.15) is 5.69 Å². The molecule has 0 unspecified atom stereocenters. The molecule has 3 aromatic heterocycles. The van der Waals surface area contributed by atoms with Crippen molar-refractivity contribution >= 4 is 43.6 Å². The monoisotopic (exact) mass is 424 g/mol. The number of fused-ring (bicyclic) bond motifs is 6. The Kier molecular flexibility index (Phi) is 3.73. The third kappa shape index (κ3) is 2.58. The predicted molar refractivity (Wildman–Crippen MR) is 135 cm³/mol. The van der Waals surface area contributed by atoms with E-state index in [0.717, 1.165) is 33.6 Å². The minimum atomic E-state index is 0.685. The molecule has 4 heteroatoms. The highest BCUT2D eigenvalue weighted by Crippen LogP contribution is 2.33. The molecule has 4 aromatic carbocycles. The van der Waals surface area contributed by atoms with Gasteiger partial charge in [0.2, 0.25) is 5.95 Å². The normalized spacial score (nSPS) is 11.8. The number of hydrogen-bond acceptors (Lipinski definition) is 2. The summed E-state index contributed by atoms with van der Waals surface area (Å²) in [4.78, 5) is 10.0. The fourth-order valence-electron chi connectivity index (χ4n) is 5.06. The summed E-state index contributed by atoms with van der Waals surface area (Å²) in [6.45, 7) is 2.04. The quantitative estimate of drug-likeness (QED) is 0.300. The zero-order chi connectivity index (χ0) is 21.9. The maximum atomic E-state index is 5.13. The SMILES string of the molecule is Cc1cc(-n2c3ccccc3c3ccccc32)nc(-n2c3ccccc3c3ccccc32)n1. The standard InChI is InChI=1S/C29H20N4/c1-19-18-28(32-24-14-6-2-10-20(24)21-11-3-7-15-25(21)32)31-29(30-19)33-26-16-8-4-12-22(26)23-13-5-9-17-27(23)33/h2-18H,1H3. The number of para-hydroxylation sites is 4. The Hall–Kier alpha value is -4.44. The van der Waals surface area contributed by atoms with E-state index in [0.29, 0.717) is 5.95 Å². The molecule has 4 nitrogen and oxygen atoms in total. The van der Waals surface area contributed by atoms with Crippen LogP contribution >= 0.6 is 0 Å². The minimum absolute atomic E-state index is 0.685. The van der Waals surface area contributed by atoms with E-state index in [1.165, 1.54) is 21.5 Å². The van der Waals surface area contributed by atoms with Gasteiger partial charge in [-0.15, -0.1) is 0 Å². The lowest BCUT2D eigenvalue weighted by molar-refractivity contribution is 0.928. The van der Waals surface area contributed by atoms with Crippen molar-refractivity contribution in [1.82, 2.24) is 19.1 Å². The molecule has 0 atom stereocenters. The molecule has 0 aliphatic rings. The molecule has 0 bridgehead atoms. The number of hydrogen-bond donors (Lipinski definition) is 0. The van der Waals surface area contributed by atoms with Crippen LogP contribution in [0, 0.1) is 6.92 Å². The van der Waals surface area contributed by atoms with Crippen molar-refractivity contribution in [3.05, 3.63) is 109 Å². The third-order valence-corrected chi connectivity index (χ3v) is 6.42. The summed E-state index contributed by atoms with van der Waals surface area (Å²) in [7, 11) is 0. The fourth-order valence-corrected chi connectivity index (χ4v) is 5.06. The molecule has 0 aliphatic heterocycles. The van der Waals surface area contributed by atoms with Crippen LogP contribution in [0.2, 0.25) is 0 Å². The van der Waals surface area contributed by atoms with Crippen LogP contribution in [0.5, 0.6) is 0 Å². The van der Waals surface area contributed by atoms with Crippen molar-refractivity contribution in [3.8, 4) is 11.8 Å². The fraction of sp³-hybridized carbons (Fsp3) is 0.0345. The van der Waals surface area contributed by atoms with Crippen molar-refractivity contribution in [2.75, 3.05) is 0 Å². The Morgan fingerprint density at radius 3 is 1.33 bits per heavy atom. The highest BCUT2D eigenvalue weighted by molar-refractivity contribution is 6.10. The number of aryl methyl sites for hydroxylation is 1. The molecule has 0 saturated carbocycles. The van der Waals surface area contributed by atoms with E-state index < -0.39 is 0 Å². The summed E-state index contributed by atoms with van der Waals surface area (Å²) in [6, 6.07) is 36.0. The Balaban J connectivity index is 1.58. The average Bonchev–Trinajstić information content (AvgIpc) is 3.37. The lowest BCUT2D eigenvalue weighted by atomic mass is 10.2.